The van der Waals surface area contributed by atoms with E-state index in [0.717, 1.165) is 5.56 Å². The first kappa shape index (κ1) is 16.7. The van der Waals surface area contributed by atoms with E-state index >= 15 is 0 Å². The lowest BCUT2D eigenvalue weighted by atomic mass is 10.1. The molecule has 0 saturated heterocycles. The van der Waals surface area contributed by atoms with Crippen LogP contribution in [-0.4, -0.2) is 49.4 Å². The summed E-state index contributed by atoms with van der Waals surface area (Å²) in [6.45, 7) is 3.05. The zero-order valence-corrected chi connectivity index (χ0v) is 12.7. The average Bonchev–Trinajstić information content (AvgIpc) is 2.43. The Kier molecular flexibility index (Phi) is 5.90. The second-order valence-corrected chi connectivity index (χ2v) is 4.96. The lowest BCUT2D eigenvalue weighted by Gasteiger charge is -2.15. The van der Waals surface area contributed by atoms with Crippen LogP contribution >= 0.6 is 0 Å². The Hall–Kier alpha value is -2.37. The Morgan fingerprint density at radius 2 is 1.95 bits per heavy atom. The van der Waals surface area contributed by atoms with E-state index in [1.165, 1.54) is 11.8 Å². The number of hydrogen-bond acceptors (Lipinski definition) is 4. The molecule has 0 saturated carbocycles. The fourth-order valence-electron chi connectivity index (χ4n) is 1.51. The van der Waals surface area contributed by atoms with Crippen LogP contribution in [0.1, 0.15) is 22.8 Å². The molecular weight excluding hydrogens is 272 g/mol. The number of rotatable bonds is 5. The minimum absolute atomic E-state index is 0.319. The third kappa shape index (κ3) is 5.25. The zero-order chi connectivity index (χ0) is 16.0. The summed E-state index contributed by atoms with van der Waals surface area (Å²) in [7, 11) is 3.14. The minimum Gasteiger partial charge on any atom is -0.454 e. The first-order valence-corrected chi connectivity index (χ1v) is 6.55. The molecule has 2 amide bonds. The molecule has 1 atom stereocenters. The number of hydrogen-bond donors (Lipinski definition) is 1. The molecule has 1 rings (SSSR count). The monoisotopic (exact) mass is 292 g/mol. The Morgan fingerprint density at radius 3 is 2.52 bits per heavy atom. The highest BCUT2D eigenvalue weighted by Gasteiger charge is 2.19. The Balaban J connectivity index is 2.52. The van der Waals surface area contributed by atoms with Gasteiger partial charge in [0.15, 0.2) is 6.61 Å². The molecule has 1 N–H and O–H groups in total. The maximum absolute atomic E-state index is 12.0. The molecule has 114 valence electrons. The molecule has 0 aliphatic heterocycles. The second kappa shape index (κ2) is 7.42. The van der Waals surface area contributed by atoms with Crippen molar-refractivity contribution in [3.63, 3.8) is 0 Å². The Bertz CT molecular complexity index is 540. The van der Waals surface area contributed by atoms with Crippen LogP contribution in [0.4, 0.5) is 0 Å². The van der Waals surface area contributed by atoms with Crippen LogP contribution in [0.3, 0.4) is 0 Å². The van der Waals surface area contributed by atoms with E-state index in [1.54, 1.807) is 32.3 Å². The average molecular weight is 292 g/mol. The summed E-state index contributed by atoms with van der Waals surface area (Å²) in [4.78, 5) is 36.3. The van der Waals surface area contributed by atoms with E-state index in [4.69, 9.17) is 4.74 Å². The normalized spacial score (nSPS) is 11.4. The maximum Gasteiger partial charge on any atom is 0.328 e. The molecule has 0 spiro atoms. The first-order chi connectivity index (χ1) is 9.81. The molecule has 0 radical (unpaired) electrons. The summed E-state index contributed by atoms with van der Waals surface area (Å²) in [5.74, 6) is -1.33. The molecule has 0 heterocycles. The fourth-order valence-corrected chi connectivity index (χ4v) is 1.51. The van der Waals surface area contributed by atoms with E-state index < -0.39 is 12.0 Å². The summed E-state index contributed by atoms with van der Waals surface area (Å²) in [5.41, 5.74) is 1.42. The number of benzene rings is 1. The van der Waals surface area contributed by atoms with Crippen molar-refractivity contribution in [2.75, 3.05) is 20.7 Å². The van der Waals surface area contributed by atoms with Gasteiger partial charge in [-0.2, -0.15) is 0 Å². The summed E-state index contributed by atoms with van der Waals surface area (Å²) in [6.07, 6.45) is 0. The van der Waals surface area contributed by atoms with Crippen molar-refractivity contribution >= 4 is 17.8 Å². The van der Waals surface area contributed by atoms with Gasteiger partial charge < -0.3 is 15.0 Å². The largest absolute Gasteiger partial charge is 0.454 e. The van der Waals surface area contributed by atoms with Gasteiger partial charge >= 0.3 is 5.97 Å². The fraction of sp³-hybridized carbons (Fsp3) is 0.400. The summed E-state index contributed by atoms with van der Waals surface area (Å²) in [6, 6.07) is 6.21. The SMILES string of the molecule is Cc1cccc(C(=O)N[C@@H](C)C(=O)OCC(=O)N(C)C)c1. The number of nitrogens with zero attached hydrogens (tertiary/aromatic N) is 1. The van der Waals surface area contributed by atoms with Gasteiger partial charge in [0.05, 0.1) is 0 Å². The lowest BCUT2D eigenvalue weighted by Crippen LogP contribution is -2.40. The summed E-state index contributed by atoms with van der Waals surface area (Å²) in [5, 5.41) is 2.54. The molecule has 0 unspecified atom stereocenters. The standard InChI is InChI=1S/C15H20N2O4/c1-10-6-5-7-12(8-10)14(19)16-11(2)15(20)21-9-13(18)17(3)4/h5-8,11H,9H2,1-4H3,(H,16,19)/t11-/m0/s1. The van der Waals surface area contributed by atoms with Crippen LogP contribution < -0.4 is 5.32 Å². The molecular formula is C15H20N2O4. The minimum atomic E-state index is -0.826. The van der Waals surface area contributed by atoms with Gasteiger partial charge in [-0.15, -0.1) is 0 Å². The second-order valence-electron chi connectivity index (χ2n) is 4.96. The number of nitrogens with one attached hydrogen (secondary N) is 1. The summed E-state index contributed by atoms with van der Waals surface area (Å²) >= 11 is 0. The molecule has 0 bridgehead atoms. The molecule has 1 aromatic rings. The van der Waals surface area contributed by atoms with E-state index in [-0.39, 0.29) is 18.4 Å². The highest BCUT2D eigenvalue weighted by Crippen LogP contribution is 2.04. The highest BCUT2D eigenvalue weighted by molar-refractivity contribution is 5.97. The van der Waals surface area contributed by atoms with Gasteiger partial charge in [0.1, 0.15) is 6.04 Å². The molecule has 1 aromatic carbocycles. The topological polar surface area (TPSA) is 75.7 Å². The number of likely N-dealkylation sites (N-methyl/N-ethyl adjacent to an activating group) is 1. The van der Waals surface area contributed by atoms with E-state index in [9.17, 15) is 14.4 Å². The number of aryl methyl sites for hydroxylation is 1. The molecule has 0 aromatic heterocycles. The van der Waals surface area contributed by atoms with Crippen LogP contribution in [0.25, 0.3) is 0 Å². The van der Waals surface area contributed by atoms with Gasteiger partial charge in [0.2, 0.25) is 0 Å². The van der Waals surface area contributed by atoms with Crippen LogP contribution in [0.2, 0.25) is 0 Å². The van der Waals surface area contributed by atoms with Gasteiger partial charge in [0, 0.05) is 19.7 Å². The molecule has 6 heteroatoms. The molecule has 21 heavy (non-hydrogen) atoms. The molecule has 0 fully saturated rings. The number of carbonyl (C=O) groups excluding carboxylic acids is 3. The first-order valence-electron chi connectivity index (χ1n) is 6.55. The van der Waals surface area contributed by atoms with E-state index in [2.05, 4.69) is 5.32 Å². The van der Waals surface area contributed by atoms with Crippen LogP contribution in [0.15, 0.2) is 24.3 Å². The van der Waals surface area contributed by atoms with Crippen molar-refractivity contribution in [3.05, 3.63) is 35.4 Å². The molecule has 6 nitrogen and oxygen atoms in total. The van der Waals surface area contributed by atoms with Gasteiger partial charge in [-0.25, -0.2) is 4.79 Å². The van der Waals surface area contributed by atoms with Gasteiger partial charge in [0.25, 0.3) is 11.8 Å². The third-order valence-corrected chi connectivity index (χ3v) is 2.82. The van der Waals surface area contributed by atoms with Gasteiger partial charge in [-0.1, -0.05) is 17.7 Å². The van der Waals surface area contributed by atoms with Gasteiger partial charge in [-0.3, -0.25) is 9.59 Å². The number of ether oxygens (including phenoxy) is 1. The Labute approximate surface area is 124 Å². The summed E-state index contributed by atoms with van der Waals surface area (Å²) < 4.78 is 4.84. The third-order valence-electron chi connectivity index (χ3n) is 2.82. The predicted molar refractivity (Wildman–Crippen MR) is 77.8 cm³/mol. The number of esters is 1. The van der Waals surface area contributed by atoms with Crippen LogP contribution in [0, 0.1) is 6.92 Å². The smallest absolute Gasteiger partial charge is 0.328 e. The van der Waals surface area contributed by atoms with Gasteiger partial charge in [-0.05, 0) is 26.0 Å². The number of amides is 2. The van der Waals surface area contributed by atoms with Crippen LogP contribution in [-0.2, 0) is 14.3 Å². The van der Waals surface area contributed by atoms with E-state index in [0.29, 0.717) is 5.56 Å². The van der Waals surface area contributed by atoms with Crippen molar-refractivity contribution in [3.8, 4) is 0 Å². The van der Waals surface area contributed by atoms with Crippen molar-refractivity contribution in [2.45, 2.75) is 19.9 Å². The molecule has 0 aliphatic rings. The maximum atomic E-state index is 12.0. The quantitative estimate of drug-likeness (QED) is 0.812. The van der Waals surface area contributed by atoms with Crippen molar-refractivity contribution < 1.29 is 19.1 Å². The highest BCUT2D eigenvalue weighted by atomic mass is 16.5. The zero-order valence-electron chi connectivity index (χ0n) is 12.7. The Morgan fingerprint density at radius 1 is 1.29 bits per heavy atom. The molecule has 0 aliphatic carbocycles. The van der Waals surface area contributed by atoms with Crippen molar-refractivity contribution in [1.29, 1.82) is 0 Å². The van der Waals surface area contributed by atoms with Crippen molar-refractivity contribution in [1.82, 2.24) is 10.2 Å². The van der Waals surface area contributed by atoms with Crippen LogP contribution in [0.5, 0.6) is 0 Å². The number of carbonyl (C=O) groups is 3. The van der Waals surface area contributed by atoms with Crippen molar-refractivity contribution in [2.24, 2.45) is 0 Å². The predicted octanol–water partition coefficient (Wildman–Crippen LogP) is 0.745. The lowest BCUT2D eigenvalue weighted by molar-refractivity contribution is -0.152. The van der Waals surface area contributed by atoms with E-state index in [1.807, 2.05) is 13.0 Å².